The molecule has 0 bridgehead atoms. The van der Waals surface area contributed by atoms with Gasteiger partial charge in [-0.1, -0.05) is 55.5 Å². The number of hydrogen-bond acceptors (Lipinski definition) is 4. The highest BCUT2D eigenvalue weighted by atomic mass is 16.4. The van der Waals surface area contributed by atoms with Crippen molar-refractivity contribution in [1.82, 2.24) is 0 Å². The molecule has 4 heteroatoms. The van der Waals surface area contributed by atoms with Crippen LogP contribution in [0, 0.1) is 0 Å². The molecule has 0 saturated carbocycles. The van der Waals surface area contributed by atoms with E-state index < -0.39 is 5.97 Å². The first-order chi connectivity index (χ1) is 10.1. The zero-order valence-corrected chi connectivity index (χ0v) is 11.5. The van der Waals surface area contributed by atoms with Crippen molar-refractivity contribution in [3.05, 3.63) is 70.8 Å². The van der Waals surface area contributed by atoms with E-state index in [2.05, 4.69) is 0 Å². The van der Waals surface area contributed by atoms with Gasteiger partial charge in [-0.3, -0.25) is 9.59 Å². The van der Waals surface area contributed by atoms with E-state index in [0.29, 0.717) is 22.3 Å². The Morgan fingerprint density at radius 3 is 1.24 bits per heavy atom. The van der Waals surface area contributed by atoms with Crippen molar-refractivity contribution in [2.45, 2.75) is 13.3 Å². The van der Waals surface area contributed by atoms with Gasteiger partial charge in [-0.2, -0.15) is 0 Å². The Bertz CT molecular complexity index is 611. The molecule has 1 aliphatic carbocycles. The first-order valence-corrected chi connectivity index (χ1v) is 6.53. The summed E-state index contributed by atoms with van der Waals surface area (Å²) in [4.78, 5) is 33.5. The molecule has 0 aromatic heterocycles. The number of ketones is 2. The number of benzene rings is 2. The molecule has 106 valence electrons. The molecule has 0 amide bonds. The first-order valence-electron chi connectivity index (χ1n) is 6.53. The zero-order chi connectivity index (χ0) is 15.4. The van der Waals surface area contributed by atoms with Gasteiger partial charge in [0.05, 0.1) is 0 Å². The van der Waals surface area contributed by atoms with Gasteiger partial charge in [-0.05, 0) is 6.42 Å². The van der Waals surface area contributed by atoms with E-state index in [-0.39, 0.29) is 18.0 Å². The normalized spacial score (nSPS) is 11.9. The Balaban J connectivity index is 0.000000282. The molecule has 0 aliphatic heterocycles. The van der Waals surface area contributed by atoms with Crippen LogP contribution in [0.25, 0.3) is 0 Å². The Labute approximate surface area is 122 Å². The van der Waals surface area contributed by atoms with Gasteiger partial charge in [0.25, 0.3) is 0 Å². The number of aliphatic carboxylic acids is 1. The van der Waals surface area contributed by atoms with Crippen LogP contribution in [0.15, 0.2) is 48.5 Å². The van der Waals surface area contributed by atoms with Crippen LogP contribution in [0.3, 0.4) is 0 Å². The highest BCUT2D eigenvalue weighted by Crippen LogP contribution is 2.26. The van der Waals surface area contributed by atoms with Crippen molar-refractivity contribution in [1.29, 1.82) is 0 Å². The molecule has 0 unspecified atom stereocenters. The Morgan fingerprint density at radius 1 is 0.810 bits per heavy atom. The first kappa shape index (κ1) is 14.7. The number of carbonyl (C=O) groups is 3. The minimum atomic E-state index is -0.995. The van der Waals surface area contributed by atoms with Gasteiger partial charge in [0.2, 0.25) is 0 Å². The van der Waals surface area contributed by atoms with Crippen molar-refractivity contribution < 1.29 is 19.5 Å². The van der Waals surface area contributed by atoms with E-state index in [4.69, 9.17) is 0 Å². The van der Waals surface area contributed by atoms with Gasteiger partial charge in [-0.15, -0.1) is 0 Å². The van der Waals surface area contributed by atoms with Crippen molar-refractivity contribution in [2.24, 2.45) is 0 Å². The Kier molecular flexibility index (Phi) is 4.28. The molecule has 2 aromatic carbocycles. The third-order valence-electron chi connectivity index (χ3n) is 3.12. The molecule has 0 saturated heterocycles. The van der Waals surface area contributed by atoms with Crippen LogP contribution in [-0.4, -0.2) is 17.5 Å². The van der Waals surface area contributed by atoms with Gasteiger partial charge in [0, 0.05) is 28.2 Å². The number of carbonyl (C=O) groups excluding carboxylic acids is 3. The molecule has 0 radical (unpaired) electrons. The van der Waals surface area contributed by atoms with E-state index in [1.54, 1.807) is 48.5 Å². The molecule has 0 spiro atoms. The maximum absolute atomic E-state index is 12.1. The van der Waals surface area contributed by atoms with E-state index in [1.165, 1.54) is 6.92 Å². The zero-order valence-electron chi connectivity index (χ0n) is 11.5. The van der Waals surface area contributed by atoms with Gasteiger partial charge in [0.1, 0.15) is 0 Å². The summed E-state index contributed by atoms with van der Waals surface area (Å²) in [5.74, 6) is -1.12. The topological polar surface area (TPSA) is 74.3 Å². The van der Waals surface area contributed by atoms with Crippen LogP contribution in [0.5, 0.6) is 0 Å². The molecule has 0 heterocycles. The third-order valence-corrected chi connectivity index (χ3v) is 3.12. The molecule has 4 nitrogen and oxygen atoms in total. The lowest BCUT2D eigenvalue weighted by molar-refractivity contribution is -0.305. The predicted molar refractivity (Wildman–Crippen MR) is 75.0 cm³/mol. The highest BCUT2D eigenvalue weighted by Gasteiger charge is 2.28. The number of rotatable bonds is 1. The summed E-state index contributed by atoms with van der Waals surface area (Å²) in [5, 5.41) is 9.26. The van der Waals surface area contributed by atoms with Crippen LogP contribution in [0.2, 0.25) is 0 Å². The summed E-state index contributed by atoms with van der Waals surface area (Å²) in [5.41, 5.74) is 2.02. The fourth-order valence-corrected chi connectivity index (χ4v) is 2.05. The van der Waals surface area contributed by atoms with Crippen LogP contribution in [0.1, 0.15) is 45.2 Å². The number of carboxylic acid groups (broad SMARTS) is 1. The summed E-state index contributed by atoms with van der Waals surface area (Å²) in [6.07, 6.45) is 0.111. The quantitative estimate of drug-likeness (QED) is 0.679. The average molecular weight is 281 g/mol. The number of carboxylic acids is 1. The maximum Gasteiger partial charge on any atom is 0.194 e. The summed E-state index contributed by atoms with van der Waals surface area (Å²) in [7, 11) is 0. The number of fused-ring (bicyclic) bond motifs is 2. The molecule has 3 rings (SSSR count). The third kappa shape index (κ3) is 2.89. The Morgan fingerprint density at radius 2 is 1.05 bits per heavy atom. The lowest BCUT2D eigenvalue weighted by Gasteiger charge is -2.16. The molecule has 0 atom stereocenters. The largest absolute Gasteiger partial charge is 0.550 e. The molecular formula is C17H13O4-. The lowest BCUT2D eigenvalue weighted by atomic mass is 9.84. The smallest absolute Gasteiger partial charge is 0.194 e. The molecular weight excluding hydrogens is 268 g/mol. The maximum atomic E-state index is 12.1. The van der Waals surface area contributed by atoms with Gasteiger partial charge >= 0.3 is 0 Å². The molecule has 0 fully saturated rings. The van der Waals surface area contributed by atoms with Crippen molar-refractivity contribution in [2.75, 3.05) is 0 Å². The SMILES string of the molecule is CCC(=O)[O-].O=C1c2ccccc2C(=O)c2ccccc21. The van der Waals surface area contributed by atoms with E-state index >= 15 is 0 Å². The van der Waals surface area contributed by atoms with E-state index in [0.717, 1.165) is 0 Å². The van der Waals surface area contributed by atoms with Crippen molar-refractivity contribution in [3.8, 4) is 0 Å². The summed E-state index contributed by atoms with van der Waals surface area (Å²) in [6, 6.07) is 13.9. The second-order valence-electron chi connectivity index (χ2n) is 4.47. The van der Waals surface area contributed by atoms with E-state index in [9.17, 15) is 19.5 Å². The lowest BCUT2D eigenvalue weighted by Crippen LogP contribution is -2.20. The van der Waals surface area contributed by atoms with Gasteiger partial charge < -0.3 is 9.90 Å². The van der Waals surface area contributed by atoms with Crippen LogP contribution in [0.4, 0.5) is 0 Å². The molecule has 0 N–H and O–H groups in total. The minimum Gasteiger partial charge on any atom is -0.550 e. The number of hydrogen-bond donors (Lipinski definition) is 0. The molecule has 1 aliphatic rings. The van der Waals surface area contributed by atoms with E-state index in [1.807, 2.05) is 0 Å². The van der Waals surface area contributed by atoms with Gasteiger partial charge in [0.15, 0.2) is 11.6 Å². The van der Waals surface area contributed by atoms with Crippen molar-refractivity contribution >= 4 is 17.5 Å². The fraction of sp³-hybridized carbons (Fsp3) is 0.118. The summed E-state index contributed by atoms with van der Waals surface area (Å²) < 4.78 is 0. The Hall–Kier alpha value is -2.75. The average Bonchev–Trinajstić information content (AvgIpc) is 2.53. The highest BCUT2D eigenvalue weighted by molar-refractivity contribution is 6.28. The molecule has 2 aromatic rings. The minimum absolute atomic E-state index is 0.0641. The summed E-state index contributed by atoms with van der Waals surface area (Å²) >= 11 is 0. The van der Waals surface area contributed by atoms with Gasteiger partial charge in [-0.25, -0.2) is 0 Å². The fourth-order valence-electron chi connectivity index (χ4n) is 2.05. The van der Waals surface area contributed by atoms with Crippen molar-refractivity contribution in [3.63, 3.8) is 0 Å². The summed E-state index contributed by atoms with van der Waals surface area (Å²) in [6.45, 7) is 1.54. The van der Waals surface area contributed by atoms with Crippen LogP contribution >= 0.6 is 0 Å². The van der Waals surface area contributed by atoms with Crippen LogP contribution in [-0.2, 0) is 4.79 Å². The van der Waals surface area contributed by atoms with Crippen LogP contribution < -0.4 is 5.11 Å². The predicted octanol–water partition coefficient (Wildman–Crippen LogP) is 1.61. The molecule has 21 heavy (non-hydrogen) atoms. The monoisotopic (exact) mass is 281 g/mol. The second-order valence-corrected chi connectivity index (χ2v) is 4.47. The standard InChI is InChI=1S/C14H8O2.C3H6O2/c15-13-9-5-1-2-6-10(9)14(16)12-8-4-3-7-11(12)13;1-2-3(4)5/h1-8H;2H2,1H3,(H,4,5)/p-1. The second kappa shape index (κ2) is 6.13.